The minimum absolute atomic E-state index is 0.615. The average Bonchev–Trinajstić information content (AvgIpc) is 2.35. The number of hydrogen-bond acceptors (Lipinski definition) is 3. The lowest BCUT2D eigenvalue weighted by atomic mass is 10.1. The first kappa shape index (κ1) is 12.2. The highest BCUT2D eigenvalue weighted by atomic mass is 16.5. The lowest BCUT2D eigenvalue weighted by molar-refractivity contribution is 0.264. The van der Waals surface area contributed by atoms with Crippen molar-refractivity contribution in [1.82, 2.24) is 4.90 Å². The van der Waals surface area contributed by atoms with Crippen molar-refractivity contribution in [1.29, 1.82) is 0 Å². The van der Waals surface area contributed by atoms with Gasteiger partial charge in [0.2, 0.25) is 0 Å². The van der Waals surface area contributed by atoms with Gasteiger partial charge in [0, 0.05) is 11.7 Å². The van der Waals surface area contributed by atoms with Gasteiger partial charge >= 0.3 is 0 Å². The fourth-order valence-corrected chi connectivity index (χ4v) is 2.20. The molecule has 0 unspecified atom stereocenters. The maximum absolute atomic E-state index is 5.43. The number of hydrogen-bond donors (Lipinski definition) is 1. The van der Waals surface area contributed by atoms with Crippen LogP contribution in [-0.4, -0.2) is 37.7 Å². The van der Waals surface area contributed by atoms with E-state index >= 15 is 0 Å². The zero-order chi connectivity index (χ0) is 12.1. The topological polar surface area (TPSA) is 24.5 Å². The predicted molar refractivity (Wildman–Crippen MR) is 71.8 cm³/mol. The zero-order valence-electron chi connectivity index (χ0n) is 10.8. The van der Waals surface area contributed by atoms with Gasteiger partial charge in [-0.1, -0.05) is 0 Å². The second-order valence-electron chi connectivity index (χ2n) is 4.68. The molecule has 0 saturated carbocycles. The molecular formula is C14H22N2O. The number of piperidine rings is 1. The third-order valence-corrected chi connectivity index (χ3v) is 3.25. The molecule has 0 spiro atoms. The van der Waals surface area contributed by atoms with Crippen molar-refractivity contribution in [3.05, 3.63) is 24.3 Å². The molecule has 0 bridgehead atoms. The van der Waals surface area contributed by atoms with E-state index < -0.39 is 0 Å². The Morgan fingerprint density at radius 1 is 1.24 bits per heavy atom. The van der Waals surface area contributed by atoms with Gasteiger partial charge in [-0.15, -0.1) is 0 Å². The molecule has 17 heavy (non-hydrogen) atoms. The van der Waals surface area contributed by atoms with Crippen LogP contribution < -0.4 is 10.1 Å². The van der Waals surface area contributed by atoms with Gasteiger partial charge in [-0.2, -0.15) is 0 Å². The summed E-state index contributed by atoms with van der Waals surface area (Å²) in [7, 11) is 2.19. The Hall–Kier alpha value is -1.22. The van der Waals surface area contributed by atoms with Gasteiger partial charge in [0.1, 0.15) is 5.75 Å². The minimum Gasteiger partial charge on any atom is -0.494 e. The smallest absolute Gasteiger partial charge is 0.119 e. The third-order valence-electron chi connectivity index (χ3n) is 3.25. The quantitative estimate of drug-likeness (QED) is 0.866. The second-order valence-corrected chi connectivity index (χ2v) is 4.68. The Morgan fingerprint density at radius 3 is 2.47 bits per heavy atom. The van der Waals surface area contributed by atoms with Crippen molar-refractivity contribution in [3.63, 3.8) is 0 Å². The number of ether oxygens (including phenoxy) is 1. The van der Waals surface area contributed by atoms with Gasteiger partial charge in [-0.3, -0.25) is 0 Å². The normalized spacial score (nSPS) is 18.0. The first-order valence-electron chi connectivity index (χ1n) is 6.46. The molecule has 1 fully saturated rings. The van der Waals surface area contributed by atoms with Crippen LogP contribution in [0.25, 0.3) is 0 Å². The van der Waals surface area contributed by atoms with E-state index in [9.17, 15) is 0 Å². The summed E-state index contributed by atoms with van der Waals surface area (Å²) in [5.74, 6) is 0.946. The molecule has 1 aliphatic heterocycles. The van der Waals surface area contributed by atoms with Crippen molar-refractivity contribution < 1.29 is 4.74 Å². The number of anilines is 1. The summed E-state index contributed by atoms with van der Waals surface area (Å²) in [6.07, 6.45) is 2.45. The van der Waals surface area contributed by atoms with Crippen molar-refractivity contribution in [3.8, 4) is 5.75 Å². The van der Waals surface area contributed by atoms with Crippen molar-refractivity contribution >= 4 is 5.69 Å². The molecule has 1 N–H and O–H groups in total. The van der Waals surface area contributed by atoms with Crippen LogP contribution in [-0.2, 0) is 0 Å². The van der Waals surface area contributed by atoms with E-state index in [2.05, 4.69) is 29.4 Å². The summed E-state index contributed by atoms with van der Waals surface area (Å²) in [4.78, 5) is 2.39. The monoisotopic (exact) mass is 234 g/mol. The molecule has 94 valence electrons. The molecule has 1 aromatic carbocycles. The van der Waals surface area contributed by atoms with Crippen LogP contribution in [0, 0.1) is 0 Å². The number of nitrogens with zero attached hydrogens (tertiary/aromatic N) is 1. The molecule has 1 saturated heterocycles. The van der Waals surface area contributed by atoms with Crippen LogP contribution >= 0.6 is 0 Å². The molecule has 0 aliphatic carbocycles. The van der Waals surface area contributed by atoms with E-state index in [0.717, 1.165) is 12.4 Å². The number of rotatable bonds is 4. The van der Waals surface area contributed by atoms with E-state index in [1.807, 2.05) is 19.1 Å². The minimum atomic E-state index is 0.615. The fraction of sp³-hybridized carbons (Fsp3) is 0.571. The van der Waals surface area contributed by atoms with E-state index in [4.69, 9.17) is 4.74 Å². The largest absolute Gasteiger partial charge is 0.494 e. The summed E-state index contributed by atoms with van der Waals surface area (Å²) in [5.41, 5.74) is 1.20. The number of likely N-dealkylation sites (tertiary alicyclic amines) is 1. The first-order valence-corrected chi connectivity index (χ1v) is 6.46. The zero-order valence-corrected chi connectivity index (χ0v) is 10.8. The maximum Gasteiger partial charge on any atom is 0.119 e. The summed E-state index contributed by atoms with van der Waals surface area (Å²) in [6.45, 7) is 5.11. The molecule has 3 nitrogen and oxygen atoms in total. The summed E-state index contributed by atoms with van der Waals surface area (Å²) >= 11 is 0. The SMILES string of the molecule is CCOc1ccc(NC2CCN(C)CC2)cc1. The lowest BCUT2D eigenvalue weighted by Crippen LogP contribution is -2.36. The van der Waals surface area contributed by atoms with Crippen molar-refractivity contribution in [2.24, 2.45) is 0 Å². The molecular weight excluding hydrogens is 212 g/mol. The third kappa shape index (κ3) is 3.63. The molecule has 2 rings (SSSR count). The van der Waals surface area contributed by atoms with Crippen LogP contribution in [0.2, 0.25) is 0 Å². The highest BCUT2D eigenvalue weighted by molar-refractivity contribution is 5.47. The Morgan fingerprint density at radius 2 is 1.88 bits per heavy atom. The number of nitrogens with one attached hydrogen (secondary N) is 1. The van der Waals surface area contributed by atoms with Gasteiger partial charge in [-0.25, -0.2) is 0 Å². The standard InChI is InChI=1S/C14H22N2O/c1-3-17-14-6-4-12(5-7-14)15-13-8-10-16(2)11-9-13/h4-7,13,15H,3,8-11H2,1-2H3. The van der Waals surface area contributed by atoms with E-state index in [0.29, 0.717) is 6.04 Å². The molecule has 0 atom stereocenters. The Bertz CT molecular complexity index is 329. The molecule has 3 heteroatoms. The maximum atomic E-state index is 5.43. The Kier molecular flexibility index (Phi) is 4.26. The van der Waals surface area contributed by atoms with E-state index in [1.165, 1.54) is 31.6 Å². The van der Waals surface area contributed by atoms with Crippen LogP contribution in [0.5, 0.6) is 5.75 Å². The van der Waals surface area contributed by atoms with Gasteiger partial charge in [0.15, 0.2) is 0 Å². The highest BCUT2D eigenvalue weighted by Gasteiger charge is 2.15. The second kappa shape index (κ2) is 5.92. The van der Waals surface area contributed by atoms with Crippen LogP contribution in [0.4, 0.5) is 5.69 Å². The van der Waals surface area contributed by atoms with Gasteiger partial charge in [-0.05, 0) is 64.2 Å². The summed E-state index contributed by atoms with van der Waals surface area (Å²) < 4.78 is 5.43. The van der Waals surface area contributed by atoms with Crippen molar-refractivity contribution in [2.45, 2.75) is 25.8 Å². The molecule has 0 amide bonds. The summed E-state index contributed by atoms with van der Waals surface area (Å²) in [5, 5.41) is 3.59. The first-order chi connectivity index (χ1) is 8.28. The highest BCUT2D eigenvalue weighted by Crippen LogP contribution is 2.19. The van der Waals surface area contributed by atoms with Crippen LogP contribution in [0.15, 0.2) is 24.3 Å². The average molecular weight is 234 g/mol. The fourth-order valence-electron chi connectivity index (χ4n) is 2.20. The number of benzene rings is 1. The van der Waals surface area contributed by atoms with Crippen LogP contribution in [0.1, 0.15) is 19.8 Å². The predicted octanol–water partition coefficient (Wildman–Crippen LogP) is 2.59. The molecule has 0 aromatic heterocycles. The van der Waals surface area contributed by atoms with E-state index in [1.54, 1.807) is 0 Å². The van der Waals surface area contributed by atoms with Crippen molar-refractivity contribution in [2.75, 3.05) is 32.1 Å². The molecule has 1 heterocycles. The molecule has 1 aliphatic rings. The van der Waals surface area contributed by atoms with Gasteiger partial charge in [0.05, 0.1) is 6.61 Å². The van der Waals surface area contributed by atoms with Gasteiger partial charge < -0.3 is 15.0 Å². The summed E-state index contributed by atoms with van der Waals surface area (Å²) in [6, 6.07) is 8.87. The Labute approximate surface area is 104 Å². The molecule has 0 radical (unpaired) electrons. The molecule has 1 aromatic rings. The Balaban J connectivity index is 1.86. The lowest BCUT2D eigenvalue weighted by Gasteiger charge is -2.30. The van der Waals surface area contributed by atoms with E-state index in [-0.39, 0.29) is 0 Å². The van der Waals surface area contributed by atoms with Gasteiger partial charge in [0.25, 0.3) is 0 Å². The van der Waals surface area contributed by atoms with Crippen LogP contribution in [0.3, 0.4) is 0 Å².